The molecule has 4 nitrogen and oxygen atoms in total. The molecule has 1 aromatic carbocycles. The van der Waals surface area contributed by atoms with Gasteiger partial charge < -0.3 is 10.0 Å². The summed E-state index contributed by atoms with van der Waals surface area (Å²) in [6, 6.07) is 7.77. The fourth-order valence-corrected chi connectivity index (χ4v) is 1.69. The first kappa shape index (κ1) is 13.0. The number of aliphatic carboxylic acids is 1. The van der Waals surface area contributed by atoms with Crippen LogP contribution in [0.1, 0.15) is 24.5 Å². The van der Waals surface area contributed by atoms with Crippen LogP contribution in [-0.4, -0.2) is 24.2 Å². The Morgan fingerprint density at radius 3 is 2.76 bits per heavy atom. The van der Waals surface area contributed by atoms with Gasteiger partial charge in [-0.05, 0) is 31.5 Å². The highest BCUT2D eigenvalue weighted by Gasteiger charge is 2.11. The maximum absolute atomic E-state index is 10.6. The van der Waals surface area contributed by atoms with Crippen molar-refractivity contribution < 1.29 is 9.90 Å². The summed E-state index contributed by atoms with van der Waals surface area (Å²) >= 11 is 0. The van der Waals surface area contributed by atoms with E-state index in [-0.39, 0.29) is 6.42 Å². The van der Waals surface area contributed by atoms with Crippen molar-refractivity contribution in [3.05, 3.63) is 29.3 Å². The number of nitriles is 1. The van der Waals surface area contributed by atoms with Crippen molar-refractivity contribution in [2.45, 2.75) is 20.3 Å². The van der Waals surface area contributed by atoms with E-state index in [0.29, 0.717) is 18.7 Å². The Hall–Kier alpha value is -2.02. The lowest BCUT2D eigenvalue weighted by molar-refractivity contribution is -0.136. The molecule has 1 aromatic rings. The fraction of sp³-hybridized carbons (Fsp3) is 0.385. The van der Waals surface area contributed by atoms with Crippen LogP contribution >= 0.6 is 0 Å². The number of hydrogen-bond acceptors (Lipinski definition) is 3. The van der Waals surface area contributed by atoms with Crippen LogP contribution in [0.4, 0.5) is 5.69 Å². The molecule has 0 aliphatic carbocycles. The van der Waals surface area contributed by atoms with E-state index in [1.54, 1.807) is 0 Å². The van der Waals surface area contributed by atoms with E-state index in [9.17, 15) is 4.79 Å². The molecule has 0 aromatic heterocycles. The average Bonchev–Trinajstić information content (AvgIpc) is 2.30. The normalized spacial score (nSPS) is 9.71. The van der Waals surface area contributed by atoms with Crippen molar-refractivity contribution in [1.82, 2.24) is 0 Å². The minimum Gasteiger partial charge on any atom is -0.481 e. The van der Waals surface area contributed by atoms with Crippen LogP contribution in [0, 0.1) is 18.3 Å². The van der Waals surface area contributed by atoms with Crippen LogP contribution < -0.4 is 4.90 Å². The third kappa shape index (κ3) is 3.49. The number of carboxylic acid groups (broad SMARTS) is 1. The minimum absolute atomic E-state index is 0.0760. The van der Waals surface area contributed by atoms with Crippen LogP contribution in [-0.2, 0) is 4.79 Å². The van der Waals surface area contributed by atoms with E-state index >= 15 is 0 Å². The Labute approximate surface area is 101 Å². The Bertz CT molecular complexity index is 449. The highest BCUT2D eigenvalue weighted by Crippen LogP contribution is 2.21. The zero-order valence-corrected chi connectivity index (χ0v) is 10.1. The topological polar surface area (TPSA) is 64.3 Å². The van der Waals surface area contributed by atoms with Gasteiger partial charge in [0.05, 0.1) is 17.7 Å². The largest absolute Gasteiger partial charge is 0.481 e. The summed E-state index contributed by atoms with van der Waals surface area (Å²) in [6.07, 6.45) is 0.0760. The third-order valence-corrected chi connectivity index (χ3v) is 2.59. The lowest BCUT2D eigenvalue weighted by atomic mass is 10.1. The molecule has 17 heavy (non-hydrogen) atoms. The molecule has 1 N–H and O–H groups in total. The predicted molar refractivity (Wildman–Crippen MR) is 66.0 cm³/mol. The number of nitrogens with zero attached hydrogens (tertiary/aromatic N) is 2. The molecular weight excluding hydrogens is 216 g/mol. The van der Waals surface area contributed by atoms with Gasteiger partial charge in [0.25, 0.3) is 0 Å². The molecular formula is C13H16N2O2. The SMILES string of the molecule is CCN(CCC(=O)O)c1ccc(C)cc1C#N. The van der Waals surface area contributed by atoms with Crippen LogP contribution in [0.2, 0.25) is 0 Å². The maximum Gasteiger partial charge on any atom is 0.305 e. The van der Waals surface area contributed by atoms with Crippen LogP contribution in [0.15, 0.2) is 18.2 Å². The molecule has 1 rings (SSSR count). The zero-order chi connectivity index (χ0) is 12.8. The zero-order valence-electron chi connectivity index (χ0n) is 10.1. The number of rotatable bonds is 5. The molecule has 0 saturated heterocycles. The molecule has 0 atom stereocenters. The number of hydrogen-bond donors (Lipinski definition) is 1. The second kappa shape index (κ2) is 5.90. The van der Waals surface area contributed by atoms with Crippen molar-refractivity contribution in [3.8, 4) is 6.07 Å². The molecule has 0 aliphatic rings. The lowest BCUT2D eigenvalue weighted by Crippen LogP contribution is -2.26. The number of carboxylic acids is 1. The number of benzene rings is 1. The summed E-state index contributed by atoms with van der Waals surface area (Å²) < 4.78 is 0. The predicted octanol–water partition coefficient (Wildman–Crippen LogP) is 2.17. The van der Waals surface area contributed by atoms with Crippen molar-refractivity contribution in [2.75, 3.05) is 18.0 Å². The third-order valence-electron chi connectivity index (χ3n) is 2.59. The van der Waals surface area contributed by atoms with E-state index in [0.717, 1.165) is 11.3 Å². The van der Waals surface area contributed by atoms with Gasteiger partial charge in [-0.3, -0.25) is 4.79 Å². The Balaban J connectivity index is 2.95. The van der Waals surface area contributed by atoms with E-state index in [4.69, 9.17) is 10.4 Å². The van der Waals surface area contributed by atoms with Gasteiger partial charge in [-0.25, -0.2) is 0 Å². The first-order chi connectivity index (χ1) is 8.08. The van der Waals surface area contributed by atoms with E-state index in [2.05, 4.69) is 6.07 Å². The lowest BCUT2D eigenvalue weighted by Gasteiger charge is -2.23. The summed E-state index contributed by atoms with van der Waals surface area (Å²) in [6.45, 7) is 4.98. The summed E-state index contributed by atoms with van der Waals surface area (Å²) in [5, 5.41) is 17.8. The van der Waals surface area contributed by atoms with Crippen LogP contribution in [0.3, 0.4) is 0 Å². The van der Waals surface area contributed by atoms with Gasteiger partial charge in [-0.15, -0.1) is 0 Å². The quantitative estimate of drug-likeness (QED) is 0.845. The molecule has 90 valence electrons. The van der Waals surface area contributed by atoms with Gasteiger partial charge >= 0.3 is 5.97 Å². The number of anilines is 1. The summed E-state index contributed by atoms with van der Waals surface area (Å²) in [5.41, 5.74) is 2.43. The minimum atomic E-state index is -0.825. The van der Waals surface area contributed by atoms with Gasteiger partial charge in [0, 0.05) is 13.1 Å². The summed E-state index contributed by atoms with van der Waals surface area (Å²) in [5.74, 6) is -0.825. The summed E-state index contributed by atoms with van der Waals surface area (Å²) in [4.78, 5) is 12.5. The Morgan fingerprint density at radius 1 is 1.53 bits per heavy atom. The van der Waals surface area contributed by atoms with Crippen molar-refractivity contribution >= 4 is 11.7 Å². The molecule has 0 aliphatic heterocycles. The molecule has 0 radical (unpaired) electrons. The second-order valence-electron chi connectivity index (χ2n) is 3.86. The van der Waals surface area contributed by atoms with Gasteiger partial charge in [-0.2, -0.15) is 5.26 Å². The highest BCUT2D eigenvalue weighted by molar-refractivity contribution is 5.68. The maximum atomic E-state index is 10.6. The van der Waals surface area contributed by atoms with Gasteiger partial charge in [0.15, 0.2) is 0 Å². The van der Waals surface area contributed by atoms with Crippen molar-refractivity contribution in [3.63, 3.8) is 0 Å². The molecule has 0 heterocycles. The monoisotopic (exact) mass is 232 g/mol. The summed E-state index contributed by atoms with van der Waals surface area (Å²) in [7, 11) is 0. The smallest absolute Gasteiger partial charge is 0.305 e. The number of carbonyl (C=O) groups is 1. The van der Waals surface area contributed by atoms with Crippen LogP contribution in [0.25, 0.3) is 0 Å². The van der Waals surface area contributed by atoms with Crippen molar-refractivity contribution in [1.29, 1.82) is 5.26 Å². The highest BCUT2D eigenvalue weighted by atomic mass is 16.4. The second-order valence-corrected chi connectivity index (χ2v) is 3.86. The average molecular weight is 232 g/mol. The first-order valence-corrected chi connectivity index (χ1v) is 5.56. The molecule has 0 spiro atoms. The number of aryl methyl sites for hydroxylation is 1. The van der Waals surface area contributed by atoms with Gasteiger partial charge in [0.2, 0.25) is 0 Å². The van der Waals surface area contributed by atoms with E-state index in [1.807, 2.05) is 36.9 Å². The Morgan fingerprint density at radius 2 is 2.24 bits per heavy atom. The standard InChI is InChI=1S/C13H16N2O2/c1-3-15(7-6-13(16)17)12-5-4-10(2)8-11(12)9-14/h4-5,8H,3,6-7H2,1-2H3,(H,16,17). The van der Waals surface area contributed by atoms with Gasteiger partial charge in [0.1, 0.15) is 6.07 Å². The molecule has 4 heteroatoms. The van der Waals surface area contributed by atoms with Gasteiger partial charge in [-0.1, -0.05) is 6.07 Å². The first-order valence-electron chi connectivity index (χ1n) is 5.56. The fourth-order valence-electron chi connectivity index (χ4n) is 1.69. The van der Waals surface area contributed by atoms with E-state index < -0.39 is 5.97 Å². The molecule has 0 saturated carbocycles. The molecule has 0 bridgehead atoms. The molecule has 0 fully saturated rings. The van der Waals surface area contributed by atoms with Crippen LogP contribution in [0.5, 0.6) is 0 Å². The van der Waals surface area contributed by atoms with Crippen molar-refractivity contribution in [2.24, 2.45) is 0 Å². The molecule has 0 amide bonds. The van der Waals surface area contributed by atoms with E-state index in [1.165, 1.54) is 0 Å². The Kier molecular flexibility index (Phi) is 4.53. The molecule has 0 unspecified atom stereocenters.